The molecule has 3 N–H and O–H groups in total. The number of carbonyl (C=O) groups excluding carboxylic acids is 1. The summed E-state index contributed by atoms with van der Waals surface area (Å²) < 4.78 is 27.6. The van der Waals surface area contributed by atoms with Crippen molar-refractivity contribution in [3.05, 3.63) is 54.2 Å². The molecule has 3 rings (SSSR count). The molecule has 0 saturated carbocycles. The van der Waals surface area contributed by atoms with E-state index in [0.717, 1.165) is 23.9 Å². The van der Waals surface area contributed by atoms with E-state index in [0.29, 0.717) is 22.7 Å². The van der Waals surface area contributed by atoms with Gasteiger partial charge in [-0.05, 0) is 24.3 Å². The summed E-state index contributed by atoms with van der Waals surface area (Å²) >= 11 is 1.03. The van der Waals surface area contributed by atoms with Gasteiger partial charge in [-0.2, -0.15) is 0 Å². The molecular weight excluding hydrogens is 350 g/mol. The second kappa shape index (κ2) is 7.26. The van der Waals surface area contributed by atoms with Gasteiger partial charge in [-0.1, -0.05) is 17.8 Å². The lowest BCUT2D eigenvalue weighted by atomic mass is 10.3. The molecule has 0 unspecified atom stereocenters. The van der Waals surface area contributed by atoms with Crippen molar-refractivity contribution in [3.8, 4) is 11.5 Å². The number of nitrogens with zero attached hydrogens (tertiary/aromatic N) is 4. The van der Waals surface area contributed by atoms with Crippen LogP contribution in [0.15, 0.2) is 47.8 Å². The third-order valence-corrected chi connectivity index (χ3v) is 4.04. The number of rotatable bonds is 5. The van der Waals surface area contributed by atoms with Crippen molar-refractivity contribution >= 4 is 23.4 Å². The summed E-state index contributed by atoms with van der Waals surface area (Å²) in [4.78, 5) is 16.0. The number of halogens is 2. The zero-order chi connectivity index (χ0) is 17.8. The van der Waals surface area contributed by atoms with Gasteiger partial charge in [-0.15, -0.1) is 10.2 Å². The Morgan fingerprint density at radius 3 is 2.80 bits per heavy atom. The molecular formula is C15H12F2N6OS. The summed E-state index contributed by atoms with van der Waals surface area (Å²) in [6.45, 7) is 0. The van der Waals surface area contributed by atoms with Crippen molar-refractivity contribution in [2.75, 3.05) is 16.9 Å². The zero-order valence-corrected chi connectivity index (χ0v) is 13.5. The van der Waals surface area contributed by atoms with Crippen LogP contribution in [-0.4, -0.2) is 31.5 Å². The van der Waals surface area contributed by atoms with Crippen LogP contribution in [0.3, 0.4) is 0 Å². The summed E-state index contributed by atoms with van der Waals surface area (Å²) in [6, 6.07) is 8.17. The molecule has 2 aromatic heterocycles. The molecule has 2 heterocycles. The van der Waals surface area contributed by atoms with Crippen molar-refractivity contribution in [2.24, 2.45) is 0 Å². The summed E-state index contributed by atoms with van der Waals surface area (Å²) in [5.74, 6) is 4.14. The molecule has 7 nitrogen and oxygen atoms in total. The van der Waals surface area contributed by atoms with Crippen molar-refractivity contribution in [3.63, 3.8) is 0 Å². The van der Waals surface area contributed by atoms with Crippen LogP contribution in [0.1, 0.15) is 0 Å². The molecule has 0 fully saturated rings. The molecule has 0 aliphatic carbocycles. The number of carbonyl (C=O) groups is 1. The van der Waals surface area contributed by atoms with Crippen molar-refractivity contribution in [1.29, 1.82) is 0 Å². The van der Waals surface area contributed by atoms with Crippen LogP contribution in [-0.2, 0) is 4.79 Å². The summed E-state index contributed by atoms with van der Waals surface area (Å²) in [7, 11) is 0. The van der Waals surface area contributed by atoms with E-state index < -0.39 is 17.5 Å². The molecule has 0 radical (unpaired) electrons. The quantitative estimate of drug-likeness (QED) is 0.532. The monoisotopic (exact) mass is 362 g/mol. The average Bonchev–Trinajstić information content (AvgIpc) is 2.97. The Morgan fingerprint density at radius 1 is 1.24 bits per heavy atom. The van der Waals surface area contributed by atoms with E-state index in [2.05, 4.69) is 20.5 Å². The van der Waals surface area contributed by atoms with Gasteiger partial charge in [-0.3, -0.25) is 9.78 Å². The van der Waals surface area contributed by atoms with Gasteiger partial charge in [0.1, 0.15) is 17.3 Å². The van der Waals surface area contributed by atoms with Gasteiger partial charge in [-0.25, -0.2) is 13.5 Å². The summed E-state index contributed by atoms with van der Waals surface area (Å²) in [6.07, 6.45) is 1.60. The maximum Gasteiger partial charge on any atom is 0.234 e. The fourth-order valence-corrected chi connectivity index (χ4v) is 2.61. The van der Waals surface area contributed by atoms with E-state index in [-0.39, 0.29) is 11.4 Å². The fraction of sp³-hybridized carbons (Fsp3) is 0.0667. The second-order valence-corrected chi connectivity index (χ2v) is 5.79. The first kappa shape index (κ1) is 16.8. The van der Waals surface area contributed by atoms with Crippen molar-refractivity contribution < 1.29 is 13.6 Å². The van der Waals surface area contributed by atoms with Gasteiger partial charge >= 0.3 is 0 Å². The smallest absolute Gasteiger partial charge is 0.234 e. The number of amides is 1. The average molecular weight is 362 g/mol. The molecule has 0 aliphatic rings. The van der Waals surface area contributed by atoms with Crippen LogP contribution in [0.4, 0.5) is 14.5 Å². The minimum absolute atomic E-state index is 0.0750. The number of nitrogens with one attached hydrogen (secondary N) is 1. The maximum absolute atomic E-state index is 13.5. The molecule has 1 amide bonds. The van der Waals surface area contributed by atoms with E-state index in [1.165, 1.54) is 4.68 Å². The van der Waals surface area contributed by atoms with Gasteiger partial charge in [0.05, 0.1) is 11.4 Å². The molecule has 1 aromatic carbocycles. The summed E-state index contributed by atoms with van der Waals surface area (Å²) in [5.41, 5.74) is 0.442. The standard InChI is InChI=1S/C15H12F2N6OS/c16-9-4-5-11(10(17)7-9)20-13(24)8-25-15-22-21-14(23(15)18)12-3-1-2-6-19-12/h1-7H,8,18H2,(H,20,24). The number of anilines is 1. The van der Waals surface area contributed by atoms with Gasteiger partial charge in [0.25, 0.3) is 0 Å². The normalized spacial score (nSPS) is 10.6. The Morgan fingerprint density at radius 2 is 2.08 bits per heavy atom. The number of aromatic nitrogens is 4. The molecule has 10 heteroatoms. The number of pyridine rings is 1. The van der Waals surface area contributed by atoms with Gasteiger partial charge < -0.3 is 11.2 Å². The van der Waals surface area contributed by atoms with Crippen LogP contribution in [0.25, 0.3) is 11.5 Å². The topological polar surface area (TPSA) is 98.7 Å². The molecule has 0 spiro atoms. The molecule has 0 saturated heterocycles. The highest BCUT2D eigenvalue weighted by Gasteiger charge is 2.15. The minimum Gasteiger partial charge on any atom is -0.335 e. The third kappa shape index (κ3) is 3.91. The van der Waals surface area contributed by atoms with Crippen LogP contribution < -0.4 is 11.2 Å². The first-order valence-corrected chi connectivity index (χ1v) is 8.03. The SMILES string of the molecule is Nn1c(SCC(=O)Nc2ccc(F)cc2F)nnc1-c1ccccn1. The number of hydrogen-bond donors (Lipinski definition) is 2. The van der Waals surface area contributed by atoms with Gasteiger partial charge in [0.2, 0.25) is 16.9 Å². The number of nitrogen functional groups attached to an aromatic ring is 1. The largest absolute Gasteiger partial charge is 0.335 e. The fourth-order valence-electron chi connectivity index (χ4n) is 1.95. The maximum atomic E-state index is 13.5. The number of benzene rings is 1. The Kier molecular flexibility index (Phi) is 4.89. The number of thioether (sulfide) groups is 1. The Labute approximate surface area is 145 Å². The van der Waals surface area contributed by atoms with Crippen molar-refractivity contribution in [1.82, 2.24) is 19.9 Å². The highest BCUT2D eigenvalue weighted by atomic mass is 32.2. The van der Waals surface area contributed by atoms with E-state index in [1.807, 2.05) is 0 Å². The first-order chi connectivity index (χ1) is 12.0. The van der Waals surface area contributed by atoms with E-state index in [4.69, 9.17) is 5.84 Å². The van der Waals surface area contributed by atoms with Crippen LogP contribution in [0.5, 0.6) is 0 Å². The zero-order valence-electron chi connectivity index (χ0n) is 12.7. The number of nitrogens with two attached hydrogens (primary N) is 1. The molecule has 0 atom stereocenters. The van der Waals surface area contributed by atoms with E-state index in [9.17, 15) is 13.6 Å². The molecule has 3 aromatic rings. The first-order valence-electron chi connectivity index (χ1n) is 7.04. The third-order valence-electron chi connectivity index (χ3n) is 3.10. The second-order valence-electron chi connectivity index (χ2n) is 4.85. The van der Waals surface area contributed by atoms with Gasteiger partial charge in [0, 0.05) is 12.3 Å². The molecule has 25 heavy (non-hydrogen) atoms. The lowest BCUT2D eigenvalue weighted by Gasteiger charge is -2.06. The molecule has 128 valence electrons. The Hall–Kier alpha value is -3.01. The van der Waals surface area contributed by atoms with E-state index in [1.54, 1.807) is 24.4 Å². The lowest BCUT2D eigenvalue weighted by Crippen LogP contribution is -2.17. The minimum atomic E-state index is -0.849. The van der Waals surface area contributed by atoms with Gasteiger partial charge in [0.15, 0.2) is 0 Å². The van der Waals surface area contributed by atoms with E-state index >= 15 is 0 Å². The Bertz CT molecular complexity index is 902. The molecule has 0 bridgehead atoms. The van der Waals surface area contributed by atoms with Crippen molar-refractivity contribution in [2.45, 2.75) is 5.16 Å². The predicted octanol–water partition coefficient (Wildman–Crippen LogP) is 2.06. The molecule has 0 aliphatic heterocycles. The number of hydrogen-bond acceptors (Lipinski definition) is 6. The highest BCUT2D eigenvalue weighted by Crippen LogP contribution is 2.21. The summed E-state index contributed by atoms with van der Waals surface area (Å²) in [5, 5.41) is 10.5. The highest BCUT2D eigenvalue weighted by molar-refractivity contribution is 7.99. The lowest BCUT2D eigenvalue weighted by molar-refractivity contribution is -0.113. The Balaban J connectivity index is 1.64. The van der Waals surface area contributed by atoms with Crippen LogP contribution in [0.2, 0.25) is 0 Å². The van der Waals surface area contributed by atoms with Crippen LogP contribution >= 0.6 is 11.8 Å². The van der Waals surface area contributed by atoms with Crippen LogP contribution in [0, 0.1) is 11.6 Å². The predicted molar refractivity (Wildman–Crippen MR) is 89.1 cm³/mol.